The van der Waals surface area contributed by atoms with Gasteiger partial charge in [-0.3, -0.25) is 0 Å². The summed E-state index contributed by atoms with van der Waals surface area (Å²) in [5, 5.41) is 0. The molecule has 0 spiro atoms. The van der Waals surface area contributed by atoms with Gasteiger partial charge in [-0.25, -0.2) is 0 Å². The van der Waals surface area contributed by atoms with Gasteiger partial charge in [-0.05, 0) is 17.2 Å². The predicted octanol–water partition coefficient (Wildman–Crippen LogP) is 4.82. The van der Waals surface area contributed by atoms with Gasteiger partial charge in [0.25, 0.3) is 0 Å². The van der Waals surface area contributed by atoms with Crippen LogP contribution in [0.4, 0.5) is 0 Å². The molecule has 0 saturated carbocycles. The lowest BCUT2D eigenvalue weighted by Gasteiger charge is -2.50. The first kappa shape index (κ1) is 17.1. The molecule has 0 fully saturated rings. The van der Waals surface area contributed by atoms with Crippen molar-refractivity contribution in [2.45, 2.75) is 38.5 Å². The molecular weight excluding hydrogens is 317 g/mol. The number of hydrogen-bond donors (Lipinski definition) is 0. The van der Waals surface area contributed by atoms with Gasteiger partial charge in [0.05, 0.1) is 12.0 Å². The van der Waals surface area contributed by atoms with Gasteiger partial charge >= 0.3 is 6.48 Å². The maximum absolute atomic E-state index is 7.18. The fraction of sp³-hybridized carbons (Fsp3) is 0.261. The number of fused-ring (bicyclic) bond motifs is 1. The summed E-state index contributed by atoms with van der Waals surface area (Å²) in [6.07, 6.45) is 5.01. The molecule has 3 aromatic rings. The van der Waals surface area contributed by atoms with Gasteiger partial charge in [0, 0.05) is 6.07 Å². The monoisotopic (exact) mass is 343 g/mol. The zero-order valence-corrected chi connectivity index (χ0v) is 15.6. The van der Waals surface area contributed by atoms with E-state index in [4.69, 9.17) is 4.65 Å². The summed E-state index contributed by atoms with van der Waals surface area (Å²) >= 11 is 0. The molecule has 2 nitrogen and oxygen atoms in total. The molecule has 0 atom stereocenters. The lowest BCUT2D eigenvalue weighted by atomic mass is 9.44. The van der Waals surface area contributed by atoms with Crippen molar-refractivity contribution in [2.75, 3.05) is 0 Å². The molecule has 1 aliphatic rings. The summed E-state index contributed by atoms with van der Waals surface area (Å²) in [6.45, 7) is 3.35. The number of hydrogen-bond acceptors (Lipinski definition) is 1. The van der Waals surface area contributed by atoms with Crippen molar-refractivity contribution >= 4 is 6.48 Å². The summed E-state index contributed by atoms with van der Waals surface area (Å²) in [7, 11) is 0. The van der Waals surface area contributed by atoms with Crippen LogP contribution < -0.4 is 4.48 Å². The number of nitrogens with zero attached hydrogens (tertiary/aromatic N) is 1. The minimum atomic E-state index is -1.15. The molecule has 0 saturated heterocycles. The quantitative estimate of drug-likeness (QED) is 0.619. The average molecular weight is 343 g/mol. The van der Waals surface area contributed by atoms with E-state index in [1.807, 2.05) is 0 Å². The van der Waals surface area contributed by atoms with E-state index in [1.165, 1.54) is 16.8 Å². The van der Waals surface area contributed by atoms with Crippen molar-refractivity contribution in [3.8, 4) is 0 Å². The third-order valence-electron chi connectivity index (χ3n) is 6.09. The summed E-state index contributed by atoms with van der Waals surface area (Å²) in [5.74, 6) is 0. The molecular formula is C23H26BNO. The molecule has 132 valence electrons. The molecule has 0 bridgehead atoms. The highest BCUT2D eigenvalue weighted by molar-refractivity contribution is 6.65. The van der Waals surface area contributed by atoms with Crippen molar-refractivity contribution < 1.29 is 9.13 Å². The number of benzene rings is 2. The van der Waals surface area contributed by atoms with Crippen molar-refractivity contribution in [1.82, 2.24) is 0 Å². The second-order valence-corrected chi connectivity index (χ2v) is 7.36. The lowest BCUT2D eigenvalue weighted by molar-refractivity contribution is -0.584. The topological polar surface area (TPSA) is 13.1 Å². The Morgan fingerprint density at radius 1 is 0.808 bits per heavy atom. The number of rotatable bonds is 4. The molecule has 2 aromatic carbocycles. The molecule has 26 heavy (non-hydrogen) atoms. The molecule has 0 aliphatic carbocycles. The maximum atomic E-state index is 7.18. The van der Waals surface area contributed by atoms with Crippen molar-refractivity contribution in [3.63, 3.8) is 0 Å². The van der Waals surface area contributed by atoms with Crippen LogP contribution in [0.5, 0.6) is 0 Å². The fourth-order valence-electron chi connectivity index (χ4n) is 4.60. The summed E-state index contributed by atoms with van der Waals surface area (Å²) < 4.78 is 9.59. The second kappa shape index (κ2) is 6.73. The summed E-state index contributed by atoms with van der Waals surface area (Å²) in [5.41, 5.74) is 3.36. The average Bonchev–Trinajstić information content (AvgIpc) is 2.74. The van der Waals surface area contributed by atoms with Crippen LogP contribution in [0, 0.1) is 0 Å². The predicted molar refractivity (Wildman–Crippen MR) is 107 cm³/mol. The van der Waals surface area contributed by atoms with Gasteiger partial charge < -0.3 is 9.13 Å². The number of pyridine rings is 1. The van der Waals surface area contributed by atoms with E-state index < -0.39 is 12.1 Å². The Hall–Kier alpha value is -2.39. The number of aromatic nitrogens is 1. The standard InChI is InChI=1S/C23H26BNO/c1-3-24(4-2)25-18-12-11-17-22(25)19-23(26-24,20-13-7-5-8-14-20)21-15-9-6-10-16-21/h5-18H,3-4,19H2,1-2H3. The van der Waals surface area contributed by atoms with Gasteiger partial charge in [0.15, 0.2) is 0 Å². The van der Waals surface area contributed by atoms with Gasteiger partial charge in [-0.15, -0.1) is 0 Å². The van der Waals surface area contributed by atoms with Crippen LogP contribution in [0.25, 0.3) is 0 Å². The van der Waals surface area contributed by atoms with E-state index in [2.05, 4.69) is 103 Å². The zero-order valence-electron chi connectivity index (χ0n) is 15.6. The Morgan fingerprint density at radius 2 is 1.35 bits per heavy atom. The third-order valence-corrected chi connectivity index (χ3v) is 6.09. The lowest BCUT2D eigenvalue weighted by Crippen LogP contribution is -2.73. The molecule has 2 heterocycles. The van der Waals surface area contributed by atoms with Crippen molar-refractivity contribution in [2.24, 2.45) is 0 Å². The van der Waals surface area contributed by atoms with Crippen molar-refractivity contribution in [3.05, 3.63) is 102 Å². The normalized spacial score (nSPS) is 17.5. The highest BCUT2D eigenvalue weighted by atomic mass is 16.5. The highest BCUT2D eigenvalue weighted by Crippen LogP contribution is 2.42. The Bertz CT molecular complexity index is 835. The largest absolute Gasteiger partial charge is 0.520 e. The molecule has 3 heteroatoms. The second-order valence-electron chi connectivity index (χ2n) is 7.36. The van der Waals surface area contributed by atoms with E-state index >= 15 is 0 Å². The van der Waals surface area contributed by atoms with Gasteiger partial charge in [-0.1, -0.05) is 93.2 Å². The van der Waals surface area contributed by atoms with E-state index in [0.29, 0.717) is 0 Å². The minimum Gasteiger partial charge on any atom is -0.520 e. The van der Waals surface area contributed by atoms with E-state index in [9.17, 15) is 0 Å². The molecule has 0 radical (unpaired) electrons. The van der Waals surface area contributed by atoms with Crippen LogP contribution in [0.2, 0.25) is 12.6 Å². The Balaban J connectivity index is 1.99. The summed E-state index contributed by atoms with van der Waals surface area (Å²) in [4.78, 5) is 0. The third kappa shape index (κ3) is 2.58. The van der Waals surface area contributed by atoms with E-state index in [0.717, 1.165) is 19.1 Å². The first-order valence-electron chi connectivity index (χ1n) is 9.73. The van der Waals surface area contributed by atoms with E-state index in [1.54, 1.807) is 0 Å². The Labute approximate surface area is 156 Å². The van der Waals surface area contributed by atoms with Crippen LogP contribution in [0.3, 0.4) is 0 Å². The van der Waals surface area contributed by atoms with Crippen LogP contribution >= 0.6 is 0 Å². The van der Waals surface area contributed by atoms with Gasteiger partial charge in [0.1, 0.15) is 11.9 Å². The molecule has 1 aliphatic heterocycles. The van der Waals surface area contributed by atoms with Crippen LogP contribution in [-0.4, -0.2) is 6.48 Å². The minimum absolute atomic E-state index is 0.449. The van der Waals surface area contributed by atoms with E-state index in [-0.39, 0.29) is 0 Å². The van der Waals surface area contributed by atoms with Gasteiger partial charge in [0.2, 0.25) is 0 Å². The fourth-order valence-corrected chi connectivity index (χ4v) is 4.60. The first-order chi connectivity index (χ1) is 12.7. The highest BCUT2D eigenvalue weighted by Gasteiger charge is 2.50. The molecule has 0 amide bonds. The smallest absolute Gasteiger partial charge is 0.406 e. The Kier molecular flexibility index (Phi) is 4.42. The molecule has 0 N–H and O–H groups in total. The molecule has 0 unspecified atom stereocenters. The zero-order chi connectivity index (χ0) is 18.0. The van der Waals surface area contributed by atoms with Crippen LogP contribution in [0.1, 0.15) is 30.7 Å². The first-order valence-corrected chi connectivity index (χ1v) is 9.73. The maximum Gasteiger partial charge on any atom is 0.406 e. The van der Waals surface area contributed by atoms with Crippen LogP contribution in [0.15, 0.2) is 85.1 Å². The van der Waals surface area contributed by atoms with Crippen LogP contribution in [-0.2, 0) is 16.7 Å². The van der Waals surface area contributed by atoms with Crippen molar-refractivity contribution in [1.29, 1.82) is 0 Å². The van der Waals surface area contributed by atoms with Gasteiger partial charge in [-0.2, -0.15) is 0 Å². The molecule has 1 aromatic heterocycles. The Morgan fingerprint density at radius 3 is 1.88 bits per heavy atom. The summed E-state index contributed by atoms with van der Waals surface area (Å²) in [6, 6.07) is 27.9. The molecule has 4 rings (SSSR count). The SMILES string of the molecule is CC[B-]1(CC)OC(c2ccccc2)(c2ccccc2)Cc2cccc[n+]21.